The minimum Gasteiger partial charge on any atom is -0.490 e. The van der Waals surface area contributed by atoms with Crippen LogP contribution >= 0.6 is 0 Å². The third kappa shape index (κ3) is 4.51. The molecule has 1 unspecified atom stereocenters. The maximum atomic E-state index is 10.0. The van der Waals surface area contributed by atoms with Crippen LogP contribution in [0.2, 0.25) is 0 Å². The molecule has 1 fully saturated rings. The largest absolute Gasteiger partial charge is 0.490 e. The van der Waals surface area contributed by atoms with Gasteiger partial charge < -0.3 is 15.2 Å². The van der Waals surface area contributed by atoms with Crippen LogP contribution in [0, 0.1) is 0 Å². The highest BCUT2D eigenvalue weighted by atomic mass is 16.5. The quantitative estimate of drug-likeness (QED) is 0.829. The van der Waals surface area contributed by atoms with E-state index in [1.807, 2.05) is 24.3 Å². The minimum absolute atomic E-state index is 0.387. The Labute approximate surface area is 116 Å². The number of ether oxygens (including phenoxy) is 1. The summed E-state index contributed by atoms with van der Waals surface area (Å²) in [7, 11) is 0. The number of benzene rings is 1. The lowest BCUT2D eigenvalue weighted by molar-refractivity contribution is 0.171. The van der Waals surface area contributed by atoms with Crippen molar-refractivity contribution in [3.63, 3.8) is 0 Å². The van der Waals surface area contributed by atoms with Crippen LogP contribution in [0.5, 0.6) is 5.75 Å². The molecule has 0 heterocycles. The van der Waals surface area contributed by atoms with Gasteiger partial charge in [-0.3, -0.25) is 0 Å². The normalized spacial score (nSPS) is 17.9. The van der Waals surface area contributed by atoms with Crippen LogP contribution in [0.25, 0.3) is 0 Å². The summed E-state index contributed by atoms with van der Waals surface area (Å²) >= 11 is 0. The Morgan fingerprint density at radius 1 is 1.21 bits per heavy atom. The summed E-state index contributed by atoms with van der Waals surface area (Å²) in [6, 6.07) is 8.23. The molecule has 0 aromatic heterocycles. The molecule has 1 atom stereocenters. The van der Waals surface area contributed by atoms with Gasteiger partial charge in [0.1, 0.15) is 5.75 Å². The van der Waals surface area contributed by atoms with Gasteiger partial charge in [-0.15, -0.1) is 0 Å². The van der Waals surface area contributed by atoms with Crippen LogP contribution in [0.15, 0.2) is 24.3 Å². The molecule has 2 N–H and O–H groups in total. The number of hydrogen-bond acceptors (Lipinski definition) is 3. The standard InChI is InChI=1S/C16H25NO2/c1-12(2)17-11-16(18)13-7-9-15(10-8-13)19-14-5-3-4-6-14/h7-10,12,14,16-18H,3-6,11H2,1-2H3. The number of hydrogen-bond donors (Lipinski definition) is 2. The summed E-state index contributed by atoms with van der Waals surface area (Å²) in [5.41, 5.74) is 0.937. The van der Waals surface area contributed by atoms with Crippen LogP contribution < -0.4 is 10.1 Å². The molecule has 3 nitrogen and oxygen atoms in total. The lowest BCUT2D eigenvalue weighted by Gasteiger charge is -2.16. The number of aliphatic hydroxyl groups excluding tert-OH is 1. The van der Waals surface area contributed by atoms with Crippen LogP contribution in [0.1, 0.15) is 51.2 Å². The van der Waals surface area contributed by atoms with Crippen molar-refractivity contribution in [3.05, 3.63) is 29.8 Å². The molecule has 2 rings (SSSR count). The third-order valence-corrected chi connectivity index (χ3v) is 3.59. The lowest BCUT2D eigenvalue weighted by atomic mass is 10.1. The zero-order chi connectivity index (χ0) is 13.7. The molecule has 19 heavy (non-hydrogen) atoms. The van der Waals surface area contributed by atoms with E-state index >= 15 is 0 Å². The minimum atomic E-state index is -0.456. The van der Waals surface area contributed by atoms with E-state index in [0.717, 1.165) is 11.3 Å². The Bertz CT molecular complexity index is 369. The van der Waals surface area contributed by atoms with Gasteiger partial charge >= 0.3 is 0 Å². The highest BCUT2D eigenvalue weighted by Crippen LogP contribution is 2.25. The summed E-state index contributed by atoms with van der Waals surface area (Å²) in [6.45, 7) is 4.73. The Kier molecular flexibility index (Phi) is 5.23. The van der Waals surface area contributed by atoms with E-state index in [-0.39, 0.29) is 0 Å². The van der Waals surface area contributed by atoms with Gasteiger partial charge in [0, 0.05) is 12.6 Å². The molecule has 0 saturated heterocycles. The summed E-state index contributed by atoms with van der Waals surface area (Å²) in [4.78, 5) is 0. The zero-order valence-electron chi connectivity index (χ0n) is 11.9. The fourth-order valence-corrected chi connectivity index (χ4v) is 2.43. The molecular formula is C16H25NO2. The van der Waals surface area contributed by atoms with Crippen molar-refractivity contribution in [2.24, 2.45) is 0 Å². The molecule has 106 valence electrons. The van der Waals surface area contributed by atoms with Crippen molar-refractivity contribution in [1.29, 1.82) is 0 Å². The Morgan fingerprint density at radius 3 is 2.42 bits per heavy atom. The van der Waals surface area contributed by atoms with Crippen molar-refractivity contribution in [2.45, 2.75) is 57.8 Å². The van der Waals surface area contributed by atoms with E-state index in [2.05, 4.69) is 19.2 Å². The van der Waals surface area contributed by atoms with Gasteiger partial charge in [-0.05, 0) is 43.4 Å². The van der Waals surface area contributed by atoms with Gasteiger partial charge in [0.2, 0.25) is 0 Å². The highest BCUT2D eigenvalue weighted by molar-refractivity contribution is 5.29. The molecule has 1 saturated carbocycles. The number of rotatable bonds is 6. The average molecular weight is 263 g/mol. The summed E-state index contributed by atoms with van der Waals surface area (Å²) in [5, 5.41) is 13.3. The summed E-state index contributed by atoms with van der Waals surface area (Å²) < 4.78 is 5.91. The first-order chi connectivity index (χ1) is 9.15. The Hall–Kier alpha value is -1.06. The molecule has 1 aliphatic carbocycles. The molecule has 1 aliphatic rings. The van der Waals surface area contributed by atoms with Crippen molar-refractivity contribution >= 4 is 0 Å². The monoisotopic (exact) mass is 263 g/mol. The molecule has 0 aliphatic heterocycles. The van der Waals surface area contributed by atoms with Gasteiger partial charge in [0.25, 0.3) is 0 Å². The van der Waals surface area contributed by atoms with E-state index in [1.165, 1.54) is 25.7 Å². The van der Waals surface area contributed by atoms with E-state index in [0.29, 0.717) is 18.7 Å². The van der Waals surface area contributed by atoms with Crippen LogP contribution in [0.3, 0.4) is 0 Å². The predicted molar refractivity (Wildman–Crippen MR) is 77.4 cm³/mol. The highest BCUT2D eigenvalue weighted by Gasteiger charge is 2.16. The Balaban J connectivity index is 1.86. The third-order valence-electron chi connectivity index (χ3n) is 3.59. The zero-order valence-corrected chi connectivity index (χ0v) is 11.9. The molecule has 0 spiro atoms. The SMILES string of the molecule is CC(C)NCC(O)c1ccc(OC2CCCC2)cc1. The Morgan fingerprint density at radius 2 is 1.84 bits per heavy atom. The molecule has 3 heteroatoms. The van der Waals surface area contributed by atoms with Gasteiger partial charge in [-0.1, -0.05) is 26.0 Å². The molecule has 0 radical (unpaired) electrons. The summed E-state index contributed by atoms with van der Waals surface area (Å²) in [6.07, 6.45) is 4.83. The fourth-order valence-electron chi connectivity index (χ4n) is 2.43. The smallest absolute Gasteiger partial charge is 0.119 e. The first-order valence-electron chi connectivity index (χ1n) is 7.33. The van der Waals surface area contributed by atoms with Gasteiger partial charge in [-0.25, -0.2) is 0 Å². The average Bonchev–Trinajstić information content (AvgIpc) is 2.89. The predicted octanol–water partition coefficient (Wildman–Crippen LogP) is 3.04. The number of aliphatic hydroxyl groups is 1. The van der Waals surface area contributed by atoms with Gasteiger partial charge in [0.05, 0.1) is 12.2 Å². The molecular weight excluding hydrogens is 238 g/mol. The van der Waals surface area contributed by atoms with E-state index in [9.17, 15) is 5.11 Å². The van der Waals surface area contributed by atoms with Crippen molar-refractivity contribution < 1.29 is 9.84 Å². The van der Waals surface area contributed by atoms with E-state index in [4.69, 9.17) is 4.74 Å². The maximum Gasteiger partial charge on any atom is 0.119 e. The van der Waals surface area contributed by atoms with Crippen molar-refractivity contribution in [3.8, 4) is 5.75 Å². The first kappa shape index (κ1) is 14.4. The van der Waals surface area contributed by atoms with Crippen LogP contribution in [0.4, 0.5) is 0 Å². The fraction of sp³-hybridized carbons (Fsp3) is 0.625. The second-order valence-corrected chi connectivity index (χ2v) is 5.67. The lowest BCUT2D eigenvalue weighted by Crippen LogP contribution is -2.27. The second kappa shape index (κ2) is 6.92. The molecule has 1 aromatic carbocycles. The van der Waals surface area contributed by atoms with Crippen LogP contribution in [-0.2, 0) is 0 Å². The van der Waals surface area contributed by atoms with E-state index < -0.39 is 6.10 Å². The molecule has 0 bridgehead atoms. The maximum absolute atomic E-state index is 10.0. The first-order valence-corrected chi connectivity index (χ1v) is 7.33. The second-order valence-electron chi connectivity index (χ2n) is 5.67. The molecule has 0 amide bonds. The van der Waals surface area contributed by atoms with Gasteiger partial charge in [0.15, 0.2) is 0 Å². The number of nitrogens with one attached hydrogen (secondary N) is 1. The molecule has 1 aromatic rings. The van der Waals surface area contributed by atoms with E-state index in [1.54, 1.807) is 0 Å². The summed E-state index contributed by atoms with van der Waals surface area (Å²) in [5.74, 6) is 0.916. The topological polar surface area (TPSA) is 41.5 Å². The van der Waals surface area contributed by atoms with Gasteiger partial charge in [-0.2, -0.15) is 0 Å². The van der Waals surface area contributed by atoms with Crippen molar-refractivity contribution in [1.82, 2.24) is 5.32 Å². The van der Waals surface area contributed by atoms with Crippen molar-refractivity contribution in [2.75, 3.05) is 6.54 Å². The van der Waals surface area contributed by atoms with Crippen LogP contribution in [-0.4, -0.2) is 23.8 Å².